The highest BCUT2D eigenvalue weighted by atomic mass is 16.5. The first kappa shape index (κ1) is 15.5. The maximum atomic E-state index is 13.2. The zero-order valence-electron chi connectivity index (χ0n) is 13.9. The highest BCUT2D eigenvalue weighted by Crippen LogP contribution is 2.33. The number of rotatable bonds is 3. The van der Waals surface area contributed by atoms with Crippen LogP contribution in [-0.4, -0.2) is 6.61 Å². The molecule has 1 aliphatic heterocycles. The predicted octanol–water partition coefficient (Wildman–Crippen LogP) is 5.03. The van der Waals surface area contributed by atoms with Gasteiger partial charge in [0.15, 0.2) is 0 Å². The summed E-state index contributed by atoms with van der Waals surface area (Å²) in [7, 11) is 0. The van der Waals surface area contributed by atoms with Crippen LogP contribution >= 0.6 is 0 Å². The Balaban J connectivity index is 2.08. The van der Waals surface area contributed by atoms with E-state index in [1.165, 1.54) is 11.8 Å². The van der Waals surface area contributed by atoms with Crippen LogP contribution < -0.4 is 10.2 Å². The van der Waals surface area contributed by atoms with Crippen molar-refractivity contribution < 1.29 is 9.15 Å². The van der Waals surface area contributed by atoms with Gasteiger partial charge < -0.3 is 9.15 Å². The van der Waals surface area contributed by atoms with Gasteiger partial charge in [0.2, 0.25) is 5.43 Å². The third-order valence-corrected chi connectivity index (χ3v) is 4.61. The minimum atomic E-state index is -0.0735. The predicted molar refractivity (Wildman–Crippen MR) is 102 cm³/mol. The fourth-order valence-electron chi connectivity index (χ4n) is 3.39. The smallest absolute Gasteiger partial charge is 0.201 e. The van der Waals surface area contributed by atoms with Gasteiger partial charge in [0, 0.05) is 5.39 Å². The largest absolute Gasteiger partial charge is 0.493 e. The molecule has 0 bridgehead atoms. The molecule has 3 nitrogen and oxygen atoms in total. The summed E-state index contributed by atoms with van der Waals surface area (Å²) < 4.78 is 11.5. The highest BCUT2D eigenvalue weighted by molar-refractivity contribution is 6.07. The highest BCUT2D eigenvalue weighted by Gasteiger charge is 2.16. The second-order valence-electron chi connectivity index (χ2n) is 6.11. The van der Waals surface area contributed by atoms with Crippen molar-refractivity contribution >= 4 is 27.3 Å². The summed E-state index contributed by atoms with van der Waals surface area (Å²) in [4.78, 5) is 13.2. The lowest BCUT2D eigenvalue weighted by molar-refractivity contribution is 0.289. The minimum Gasteiger partial charge on any atom is -0.493 e. The Hall–Kier alpha value is -3.07. The Morgan fingerprint density at radius 1 is 1.20 bits per heavy atom. The van der Waals surface area contributed by atoms with Crippen LogP contribution in [0, 0.1) is 0 Å². The molecule has 2 aromatic carbocycles. The van der Waals surface area contributed by atoms with Crippen molar-refractivity contribution in [2.24, 2.45) is 0 Å². The molecule has 0 atom stereocenters. The van der Waals surface area contributed by atoms with Gasteiger partial charge in [0.25, 0.3) is 0 Å². The monoisotopic (exact) mass is 330 g/mol. The fraction of sp³-hybridized carbons (Fsp3) is 0.136. The van der Waals surface area contributed by atoms with Crippen molar-refractivity contribution in [2.75, 3.05) is 6.61 Å². The lowest BCUT2D eigenvalue weighted by Crippen LogP contribution is -2.10. The van der Waals surface area contributed by atoms with Crippen molar-refractivity contribution in [1.29, 1.82) is 0 Å². The van der Waals surface area contributed by atoms with E-state index in [1.54, 1.807) is 18.2 Å². The van der Waals surface area contributed by atoms with E-state index in [9.17, 15) is 4.79 Å². The second-order valence-corrected chi connectivity index (χ2v) is 6.11. The number of ether oxygens (including phenoxy) is 1. The van der Waals surface area contributed by atoms with E-state index in [0.29, 0.717) is 28.7 Å². The van der Waals surface area contributed by atoms with Gasteiger partial charge in [-0.1, -0.05) is 37.5 Å². The lowest BCUT2D eigenvalue weighted by Gasteiger charge is -2.18. The molecule has 2 heterocycles. The molecule has 0 saturated carbocycles. The van der Waals surface area contributed by atoms with Gasteiger partial charge in [-0.15, -0.1) is 0 Å². The Morgan fingerprint density at radius 2 is 2.08 bits per heavy atom. The van der Waals surface area contributed by atoms with E-state index in [-0.39, 0.29) is 5.43 Å². The minimum absolute atomic E-state index is 0.0735. The van der Waals surface area contributed by atoms with Gasteiger partial charge in [-0.05, 0) is 47.6 Å². The molecule has 0 fully saturated rings. The van der Waals surface area contributed by atoms with Gasteiger partial charge in [-0.2, -0.15) is 0 Å². The molecule has 124 valence electrons. The molecule has 25 heavy (non-hydrogen) atoms. The van der Waals surface area contributed by atoms with Crippen LogP contribution in [0.25, 0.3) is 27.3 Å². The van der Waals surface area contributed by atoms with Crippen LogP contribution in [0.2, 0.25) is 0 Å². The Labute approximate surface area is 145 Å². The van der Waals surface area contributed by atoms with E-state index in [0.717, 1.165) is 29.4 Å². The summed E-state index contributed by atoms with van der Waals surface area (Å²) >= 11 is 0. The van der Waals surface area contributed by atoms with Crippen molar-refractivity contribution in [3.8, 4) is 5.75 Å². The maximum absolute atomic E-state index is 13.2. The van der Waals surface area contributed by atoms with Gasteiger partial charge >= 0.3 is 0 Å². The maximum Gasteiger partial charge on any atom is 0.201 e. The summed E-state index contributed by atoms with van der Waals surface area (Å²) in [6.07, 6.45) is 8.53. The molecule has 0 saturated heterocycles. The summed E-state index contributed by atoms with van der Waals surface area (Å²) in [6, 6.07) is 7.92. The molecule has 0 radical (unpaired) electrons. The van der Waals surface area contributed by atoms with E-state index in [4.69, 9.17) is 9.15 Å². The fourth-order valence-corrected chi connectivity index (χ4v) is 3.39. The Morgan fingerprint density at radius 3 is 2.88 bits per heavy atom. The van der Waals surface area contributed by atoms with Gasteiger partial charge in [0.05, 0.1) is 17.6 Å². The van der Waals surface area contributed by atoms with Crippen LogP contribution in [-0.2, 0) is 6.42 Å². The number of hydrogen-bond acceptors (Lipinski definition) is 3. The van der Waals surface area contributed by atoms with Crippen molar-refractivity contribution in [1.82, 2.24) is 0 Å². The van der Waals surface area contributed by atoms with E-state index >= 15 is 0 Å². The molecular formula is C22H18O3. The number of allylic oxidation sites excluding steroid dienone is 4. The van der Waals surface area contributed by atoms with E-state index in [2.05, 4.69) is 19.2 Å². The Bertz CT molecular complexity index is 1100. The van der Waals surface area contributed by atoms with Gasteiger partial charge in [-0.3, -0.25) is 4.79 Å². The molecule has 0 spiro atoms. The average Bonchev–Trinajstić information content (AvgIpc) is 2.65. The molecular weight excluding hydrogens is 312 g/mol. The lowest BCUT2D eigenvalue weighted by atomic mass is 9.97. The van der Waals surface area contributed by atoms with Crippen molar-refractivity contribution in [3.63, 3.8) is 0 Å². The molecule has 0 N–H and O–H groups in total. The SMILES string of the molecule is C=C/C=C(\C=C)c1coc2ccc3cc4c(cc3c2c1=O)OCCC4. The number of aryl methyl sites for hydroxylation is 1. The van der Waals surface area contributed by atoms with Crippen LogP contribution in [0.4, 0.5) is 0 Å². The summed E-state index contributed by atoms with van der Waals surface area (Å²) in [6.45, 7) is 8.19. The third kappa shape index (κ3) is 2.49. The quantitative estimate of drug-likeness (QED) is 0.499. The van der Waals surface area contributed by atoms with Crippen LogP contribution in [0.1, 0.15) is 17.5 Å². The number of fused-ring (bicyclic) bond motifs is 4. The molecule has 0 amide bonds. The topological polar surface area (TPSA) is 39.4 Å². The van der Waals surface area contributed by atoms with E-state index < -0.39 is 0 Å². The molecule has 0 aliphatic carbocycles. The first-order valence-corrected chi connectivity index (χ1v) is 8.32. The standard InChI is InChI=1S/C22H18O3/c1-3-6-14(4-2)18-13-25-19-9-8-15-11-16-7-5-10-24-20(16)12-17(15)21(19)22(18)23/h3-4,6,8-9,11-13H,1-2,5,7,10H2/b14-6+. The average molecular weight is 330 g/mol. The molecule has 4 rings (SSSR count). The first-order valence-electron chi connectivity index (χ1n) is 8.32. The normalized spacial score (nSPS) is 14.2. The molecule has 0 unspecified atom stereocenters. The first-order chi connectivity index (χ1) is 12.2. The van der Waals surface area contributed by atoms with Crippen LogP contribution in [0.15, 0.2) is 71.1 Å². The summed E-state index contributed by atoms with van der Waals surface area (Å²) in [5.41, 5.74) is 2.86. The van der Waals surface area contributed by atoms with Gasteiger partial charge in [-0.25, -0.2) is 0 Å². The van der Waals surface area contributed by atoms with Crippen molar-refractivity contribution in [3.05, 3.63) is 83.3 Å². The van der Waals surface area contributed by atoms with Crippen LogP contribution in [0.3, 0.4) is 0 Å². The number of hydrogen-bond donors (Lipinski definition) is 0. The summed E-state index contributed by atoms with van der Waals surface area (Å²) in [5.74, 6) is 0.863. The Kier molecular flexibility index (Phi) is 3.77. The molecule has 3 heteroatoms. The molecule has 1 aliphatic rings. The van der Waals surface area contributed by atoms with E-state index in [1.807, 2.05) is 18.2 Å². The van der Waals surface area contributed by atoms with Crippen molar-refractivity contribution in [2.45, 2.75) is 12.8 Å². The van der Waals surface area contributed by atoms with Crippen LogP contribution in [0.5, 0.6) is 5.75 Å². The molecule has 1 aromatic heterocycles. The summed E-state index contributed by atoms with van der Waals surface area (Å²) in [5, 5.41) is 2.45. The zero-order chi connectivity index (χ0) is 17.4. The zero-order valence-corrected chi connectivity index (χ0v) is 13.9. The second kappa shape index (κ2) is 6.10. The van der Waals surface area contributed by atoms with Gasteiger partial charge in [0.1, 0.15) is 17.6 Å². The molecule has 3 aromatic rings. The third-order valence-electron chi connectivity index (χ3n) is 4.61. The number of benzene rings is 2.